The fourth-order valence-electron chi connectivity index (χ4n) is 2.81. The van der Waals surface area contributed by atoms with Crippen molar-refractivity contribution in [1.82, 2.24) is 9.55 Å². The van der Waals surface area contributed by atoms with E-state index in [4.69, 9.17) is 14.7 Å². The van der Waals surface area contributed by atoms with Crippen molar-refractivity contribution in [2.45, 2.75) is 31.8 Å². The van der Waals surface area contributed by atoms with Crippen LogP contribution in [0, 0.1) is 0 Å². The number of carbonyl (C=O) groups is 2. The maximum Gasteiger partial charge on any atom is 0.351 e. The Hall–Kier alpha value is -3.08. The average Bonchev–Trinajstić information content (AvgIpc) is 3.06. The van der Waals surface area contributed by atoms with Crippen LogP contribution in [0.3, 0.4) is 0 Å². The molecule has 0 aliphatic carbocycles. The van der Waals surface area contributed by atoms with E-state index < -0.39 is 36.0 Å². The molecule has 2 heterocycles. The number of hydrogen-bond donors (Lipinski definition) is 2. The second kappa shape index (κ2) is 8.30. The molecular formula is C18H19N3O7. The second-order valence-electron chi connectivity index (χ2n) is 6.14. The van der Waals surface area contributed by atoms with Crippen molar-refractivity contribution < 1.29 is 29.4 Å². The SMILES string of the molecule is CC(=O)ON(C(=O)c1ccccc1)c1ccn([C@H]2C[C@H](O)[C@@H](CO)O2)c(=O)n1. The van der Waals surface area contributed by atoms with Crippen LogP contribution >= 0.6 is 0 Å². The van der Waals surface area contributed by atoms with Crippen LogP contribution in [-0.2, 0) is 14.4 Å². The quantitative estimate of drug-likeness (QED) is 0.699. The van der Waals surface area contributed by atoms with Gasteiger partial charge in [-0.05, 0) is 12.1 Å². The molecule has 0 bridgehead atoms. The summed E-state index contributed by atoms with van der Waals surface area (Å²) in [5.41, 5.74) is -0.533. The summed E-state index contributed by atoms with van der Waals surface area (Å²) in [6.07, 6.45) is -1.11. The molecule has 1 aromatic carbocycles. The van der Waals surface area contributed by atoms with Gasteiger partial charge in [0.1, 0.15) is 12.3 Å². The first-order valence-electron chi connectivity index (χ1n) is 8.52. The third-order valence-corrected chi connectivity index (χ3v) is 4.14. The van der Waals surface area contributed by atoms with Gasteiger partial charge in [-0.15, -0.1) is 5.06 Å². The molecule has 0 unspecified atom stereocenters. The number of aromatic nitrogens is 2. The number of ether oxygens (including phenoxy) is 1. The van der Waals surface area contributed by atoms with Crippen molar-refractivity contribution in [3.05, 3.63) is 58.6 Å². The van der Waals surface area contributed by atoms with Crippen molar-refractivity contribution in [1.29, 1.82) is 0 Å². The van der Waals surface area contributed by atoms with E-state index in [0.29, 0.717) is 5.06 Å². The zero-order valence-corrected chi connectivity index (χ0v) is 15.0. The van der Waals surface area contributed by atoms with Gasteiger partial charge in [-0.1, -0.05) is 18.2 Å². The Morgan fingerprint density at radius 3 is 2.61 bits per heavy atom. The van der Waals surface area contributed by atoms with Gasteiger partial charge in [0, 0.05) is 31.2 Å². The van der Waals surface area contributed by atoms with Gasteiger partial charge in [-0.2, -0.15) is 4.98 Å². The Morgan fingerprint density at radius 1 is 1.32 bits per heavy atom. The number of nitrogens with zero attached hydrogens (tertiary/aromatic N) is 3. The lowest BCUT2D eigenvalue weighted by Crippen LogP contribution is -2.36. The van der Waals surface area contributed by atoms with Gasteiger partial charge in [0.2, 0.25) is 0 Å². The Labute approximate surface area is 159 Å². The second-order valence-corrected chi connectivity index (χ2v) is 6.14. The third kappa shape index (κ3) is 4.09. The molecule has 1 saturated heterocycles. The summed E-state index contributed by atoms with van der Waals surface area (Å²) in [7, 11) is 0. The first-order chi connectivity index (χ1) is 13.4. The fourth-order valence-corrected chi connectivity index (χ4v) is 2.81. The summed E-state index contributed by atoms with van der Waals surface area (Å²) >= 11 is 0. The summed E-state index contributed by atoms with van der Waals surface area (Å²) in [6.45, 7) is 0.735. The molecule has 148 valence electrons. The van der Waals surface area contributed by atoms with Crippen molar-refractivity contribution in [3.8, 4) is 0 Å². The minimum Gasteiger partial charge on any atom is -0.394 e. The summed E-state index contributed by atoms with van der Waals surface area (Å²) in [5, 5.41) is 19.6. The van der Waals surface area contributed by atoms with Crippen LogP contribution in [0.4, 0.5) is 5.82 Å². The van der Waals surface area contributed by atoms with Crippen molar-refractivity contribution in [2.24, 2.45) is 0 Å². The minimum absolute atomic E-state index is 0.1000. The molecule has 28 heavy (non-hydrogen) atoms. The highest BCUT2D eigenvalue weighted by atomic mass is 16.7. The Kier molecular flexibility index (Phi) is 5.83. The highest BCUT2D eigenvalue weighted by Crippen LogP contribution is 2.27. The molecular weight excluding hydrogens is 370 g/mol. The first kappa shape index (κ1) is 19.7. The van der Waals surface area contributed by atoms with Gasteiger partial charge in [-0.25, -0.2) is 9.59 Å². The molecule has 0 spiro atoms. The van der Waals surface area contributed by atoms with Crippen molar-refractivity contribution in [3.63, 3.8) is 0 Å². The normalized spacial score (nSPS) is 21.3. The van der Waals surface area contributed by atoms with E-state index in [1.54, 1.807) is 18.2 Å². The molecule has 3 atom stereocenters. The van der Waals surface area contributed by atoms with E-state index in [0.717, 1.165) is 11.5 Å². The average molecular weight is 389 g/mol. The number of aliphatic hydroxyl groups excluding tert-OH is 2. The fraction of sp³-hybridized carbons (Fsp3) is 0.333. The van der Waals surface area contributed by atoms with Crippen molar-refractivity contribution >= 4 is 17.7 Å². The number of aliphatic hydroxyl groups is 2. The lowest BCUT2D eigenvalue weighted by atomic mass is 10.2. The smallest absolute Gasteiger partial charge is 0.351 e. The number of carbonyl (C=O) groups excluding carboxylic acids is 2. The van der Waals surface area contributed by atoms with Crippen LogP contribution in [0.25, 0.3) is 0 Å². The maximum absolute atomic E-state index is 12.7. The van der Waals surface area contributed by atoms with Crippen LogP contribution < -0.4 is 10.8 Å². The van der Waals surface area contributed by atoms with E-state index >= 15 is 0 Å². The van der Waals surface area contributed by atoms with E-state index in [1.165, 1.54) is 24.4 Å². The number of benzene rings is 1. The molecule has 1 amide bonds. The lowest BCUT2D eigenvalue weighted by Gasteiger charge is -2.20. The van der Waals surface area contributed by atoms with Crippen LogP contribution in [0.5, 0.6) is 0 Å². The number of hydrogen-bond acceptors (Lipinski definition) is 8. The zero-order chi connectivity index (χ0) is 20.3. The van der Waals surface area contributed by atoms with E-state index in [-0.39, 0.29) is 24.4 Å². The molecule has 0 radical (unpaired) electrons. The standard InChI is InChI=1S/C18H19N3O7/c1-11(23)28-21(17(25)12-5-3-2-4-6-12)15-7-8-20(18(26)19-15)16-9-13(24)14(10-22)27-16/h2-8,13-14,16,22,24H,9-10H2,1H3/t13-,14+,16+/m0/s1. The van der Waals surface area contributed by atoms with E-state index in [9.17, 15) is 19.5 Å². The highest BCUT2D eigenvalue weighted by Gasteiger charge is 2.35. The van der Waals surface area contributed by atoms with Crippen LogP contribution in [0.15, 0.2) is 47.4 Å². The Balaban J connectivity index is 1.90. The molecule has 1 aromatic heterocycles. The minimum atomic E-state index is -0.918. The Bertz CT molecular complexity index is 915. The molecule has 10 nitrogen and oxygen atoms in total. The van der Waals surface area contributed by atoms with Gasteiger partial charge in [0.25, 0.3) is 5.91 Å². The van der Waals surface area contributed by atoms with Crippen LogP contribution in [-0.4, -0.2) is 50.5 Å². The highest BCUT2D eigenvalue weighted by molar-refractivity contribution is 6.05. The third-order valence-electron chi connectivity index (χ3n) is 4.14. The molecule has 2 aromatic rings. The summed E-state index contributed by atoms with van der Waals surface area (Å²) < 4.78 is 6.55. The topological polar surface area (TPSA) is 131 Å². The lowest BCUT2D eigenvalue weighted by molar-refractivity contribution is -0.141. The molecule has 3 rings (SSSR count). The van der Waals surface area contributed by atoms with Gasteiger partial charge in [-0.3, -0.25) is 9.36 Å². The van der Waals surface area contributed by atoms with Crippen LogP contribution in [0.1, 0.15) is 29.9 Å². The first-order valence-corrected chi connectivity index (χ1v) is 8.52. The number of amides is 1. The largest absolute Gasteiger partial charge is 0.394 e. The molecule has 2 N–H and O–H groups in total. The molecule has 0 saturated carbocycles. The van der Waals surface area contributed by atoms with E-state index in [1.807, 2.05) is 0 Å². The van der Waals surface area contributed by atoms with Gasteiger partial charge in [0.15, 0.2) is 5.82 Å². The maximum atomic E-state index is 12.7. The van der Waals surface area contributed by atoms with Gasteiger partial charge in [0.05, 0.1) is 12.7 Å². The summed E-state index contributed by atoms with van der Waals surface area (Å²) in [5.74, 6) is -1.61. The molecule has 10 heteroatoms. The molecule has 1 aliphatic rings. The molecule has 1 aliphatic heterocycles. The van der Waals surface area contributed by atoms with Crippen LogP contribution in [0.2, 0.25) is 0 Å². The Morgan fingerprint density at radius 2 is 2.04 bits per heavy atom. The van der Waals surface area contributed by atoms with E-state index in [2.05, 4.69) is 4.98 Å². The predicted octanol–water partition coefficient (Wildman–Crippen LogP) is 0.00890. The van der Waals surface area contributed by atoms with Crippen molar-refractivity contribution in [2.75, 3.05) is 11.7 Å². The number of rotatable bonds is 4. The predicted molar refractivity (Wildman–Crippen MR) is 95.1 cm³/mol. The monoisotopic (exact) mass is 389 g/mol. The molecule has 1 fully saturated rings. The zero-order valence-electron chi connectivity index (χ0n) is 15.0. The summed E-state index contributed by atoms with van der Waals surface area (Å²) in [6, 6.07) is 9.39. The number of anilines is 1. The van der Waals surface area contributed by atoms with Gasteiger partial charge < -0.3 is 19.8 Å². The summed E-state index contributed by atoms with van der Waals surface area (Å²) in [4.78, 5) is 45.3. The number of hydroxylamine groups is 1. The van der Waals surface area contributed by atoms with Gasteiger partial charge >= 0.3 is 11.7 Å².